The van der Waals surface area contributed by atoms with Crippen molar-refractivity contribution in [3.63, 3.8) is 0 Å². The molecule has 21 heavy (non-hydrogen) atoms. The fraction of sp³-hybridized carbons (Fsp3) is 0.462. The number of aryl methyl sites for hydroxylation is 1. The van der Waals surface area contributed by atoms with Crippen molar-refractivity contribution in [2.45, 2.75) is 38.1 Å². The van der Waals surface area contributed by atoms with Gasteiger partial charge in [-0.2, -0.15) is 10.1 Å². The molecule has 2 aromatic heterocycles. The molecule has 8 nitrogen and oxygen atoms in total. The van der Waals surface area contributed by atoms with Gasteiger partial charge >= 0.3 is 0 Å². The molecule has 0 fully saturated rings. The fourth-order valence-electron chi connectivity index (χ4n) is 2.20. The van der Waals surface area contributed by atoms with Gasteiger partial charge in [-0.1, -0.05) is 17.3 Å². The van der Waals surface area contributed by atoms with E-state index in [1.54, 1.807) is 0 Å². The summed E-state index contributed by atoms with van der Waals surface area (Å²) in [7, 11) is 0. The first-order valence-corrected chi connectivity index (χ1v) is 6.95. The van der Waals surface area contributed by atoms with Gasteiger partial charge in [0.15, 0.2) is 5.82 Å². The second-order valence-electron chi connectivity index (χ2n) is 4.88. The monoisotopic (exact) mass is 288 g/mol. The van der Waals surface area contributed by atoms with Crippen molar-refractivity contribution in [1.82, 2.24) is 30.6 Å². The Labute approximate surface area is 121 Å². The first-order valence-electron chi connectivity index (χ1n) is 6.95. The third-order valence-electron chi connectivity index (χ3n) is 3.26. The summed E-state index contributed by atoms with van der Waals surface area (Å²) >= 11 is 0. The summed E-state index contributed by atoms with van der Waals surface area (Å²) < 4.78 is 5.09. The molecule has 8 heteroatoms. The van der Waals surface area contributed by atoms with E-state index in [0.29, 0.717) is 30.4 Å². The Morgan fingerprint density at radius 1 is 1.52 bits per heavy atom. The van der Waals surface area contributed by atoms with E-state index in [1.165, 1.54) is 6.33 Å². The molecule has 1 aliphatic rings. The molecule has 0 radical (unpaired) electrons. The van der Waals surface area contributed by atoms with E-state index in [1.807, 2.05) is 0 Å². The predicted molar refractivity (Wildman–Crippen MR) is 72.9 cm³/mol. The largest absolute Gasteiger partial charge is 0.350 e. The Balaban J connectivity index is 1.49. The second-order valence-corrected chi connectivity index (χ2v) is 4.88. The lowest BCUT2D eigenvalue weighted by Crippen LogP contribution is -2.34. The Bertz CT molecular complexity index is 618. The zero-order valence-corrected chi connectivity index (χ0v) is 11.5. The number of H-pyrrole nitrogens is 1. The number of nitrogens with one attached hydrogen (secondary N) is 2. The van der Waals surface area contributed by atoms with Crippen LogP contribution in [-0.2, 0) is 11.2 Å². The third kappa shape index (κ3) is 3.53. The normalized spacial score (nSPS) is 17.8. The smallest absolute Gasteiger partial charge is 0.239 e. The quantitative estimate of drug-likeness (QED) is 0.795. The zero-order chi connectivity index (χ0) is 14.5. The number of nitrogens with zero attached hydrogens (tertiary/aromatic N) is 4. The summed E-state index contributed by atoms with van der Waals surface area (Å²) in [6.07, 6.45) is 9.47. The highest BCUT2D eigenvalue weighted by Crippen LogP contribution is 2.12. The van der Waals surface area contributed by atoms with Crippen LogP contribution in [-0.4, -0.2) is 37.3 Å². The van der Waals surface area contributed by atoms with Crippen molar-refractivity contribution in [2.75, 3.05) is 0 Å². The van der Waals surface area contributed by atoms with E-state index in [9.17, 15) is 4.79 Å². The lowest BCUT2D eigenvalue weighted by Gasteiger charge is -2.17. The van der Waals surface area contributed by atoms with E-state index in [2.05, 4.69) is 42.8 Å². The third-order valence-corrected chi connectivity index (χ3v) is 3.26. The number of amides is 1. The van der Waals surface area contributed by atoms with Crippen molar-refractivity contribution in [2.24, 2.45) is 0 Å². The van der Waals surface area contributed by atoms with Crippen molar-refractivity contribution < 1.29 is 9.32 Å². The highest BCUT2D eigenvalue weighted by Gasteiger charge is 2.14. The Kier molecular flexibility index (Phi) is 4.04. The molecule has 0 saturated heterocycles. The van der Waals surface area contributed by atoms with E-state index >= 15 is 0 Å². The van der Waals surface area contributed by atoms with Crippen molar-refractivity contribution >= 4 is 5.91 Å². The molecule has 0 spiro atoms. The molecular weight excluding hydrogens is 272 g/mol. The molecule has 0 aromatic carbocycles. The van der Waals surface area contributed by atoms with Crippen molar-refractivity contribution in [3.05, 3.63) is 24.4 Å². The minimum absolute atomic E-state index is 0.00837. The highest BCUT2D eigenvalue weighted by atomic mass is 16.5. The standard InChI is InChI=1S/C13H16N6O2/c20-10(16-9-4-2-1-3-5-9)6-7-11-17-13(19-21-11)12-14-8-15-18-12/h2,4,8-9H,1,3,5-7H2,(H,16,20)(H,14,15,18). The summed E-state index contributed by atoms with van der Waals surface area (Å²) in [6, 6.07) is 0.152. The predicted octanol–water partition coefficient (Wildman–Crippen LogP) is 1.01. The molecule has 1 unspecified atom stereocenters. The van der Waals surface area contributed by atoms with Gasteiger partial charge in [-0.25, -0.2) is 4.98 Å². The zero-order valence-electron chi connectivity index (χ0n) is 11.5. The topological polar surface area (TPSA) is 110 Å². The highest BCUT2D eigenvalue weighted by molar-refractivity contribution is 5.76. The van der Waals surface area contributed by atoms with Crippen LogP contribution in [0.25, 0.3) is 11.6 Å². The van der Waals surface area contributed by atoms with E-state index < -0.39 is 0 Å². The van der Waals surface area contributed by atoms with Gasteiger partial charge in [0.2, 0.25) is 17.6 Å². The number of hydrogen-bond donors (Lipinski definition) is 2. The lowest BCUT2D eigenvalue weighted by molar-refractivity contribution is -0.121. The Hall–Kier alpha value is -2.51. The van der Waals surface area contributed by atoms with Gasteiger partial charge in [0.25, 0.3) is 0 Å². The minimum Gasteiger partial charge on any atom is -0.350 e. The molecule has 1 aliphatic carbocycles. The molecule has 3 rings (SSSR count). The minimum atomic E-state index is -0.00837. The Morgan fingerprint density at radius 2 is 2.48 bits per heavy atom. The molecule has 110 valence electrons. The van der Waals surface area contributed by atoms with Crippen molar-refractivity contribution in [1.29, 1.82) is 0 Å². The van der Waals surface area contributed by atoms with Gasteiger partial charge in [-0.15, -0.1) is 0 Å². The van der Waals surface area contributed by atoms with Gasteiger partial charge in [-0.05, 0) is 19.3 Å². The molecule has 2 aromatic rings. The number of aromatic amines is 1. The maximum atomic E-state index is 11.9. The summed E-state index contributed by atoms with van der Waals surface area (Å²) in [5.74, 6) is 1.20. The van der Waals surface area contributed by atoms with Gasteiger partial charge in [0.1, 0.15) is 6.33 Å². The van der Waals surface area contributed by atoms with Crippen LogP contribution in [0.3, 0.4) is 0 Å². The number of hydrogen-bond acceptors (Lipinski definition) is 6. The van der Waals surface area contributed by atoms with Crippen LogP contribution in [0.2, 0.25) is 0 Å². The number of rotatable bonds is 5. The maximum absolute atomic E-state index is 11.9. The van der Waals surface area contributed by atoms with Gasteiger partial charge in [0, 0.05) is 18.9 Å². The van der Waals surface area contributed by atoms with Crippen LogP contribution >= 0.6 is 0 Å². The first-order chi connectivity index (χ1) is 10.3. The number of carbonyl (C=O) groups excluding carboxylic acids is 1. The molecular formula is C13H16N6O2. The average molecular weight is 288 g/mol. The van der Waals surface area contributed by atoms with Gasteiger partial charge in [-0.3, -0.25) is 9.89 Å². The molecule has 1 atom stereocenters. The van der Waals surface area contributed by atoms with Crippen LogP contribution in [0.5, 0.6) is 0 Å². The molecule has 2 heterocycles. The summed E-state index contributed by atoms with van der Waals surface area (Å²) in [6.45, 7) is 0. The van der Waals surface area contributed by atoms with Crippen LogP contribution in [0, 0.1) is 0 Å². The van der Waals surface area contributed by atoms with Crippen molar-refractivity contribution in [3.8, 4) is 11.6 Å². The SMILES string of the molecule is O=C(CCc1nc(-c2ncn[nH]2)no1)NC1C=CCCC1. The second kappa shape index (κ2) is 6.29. The Morgan fingerprint density at radius 3 is 3.24 bits per heavy atom. The lowest BCUT2D eigenvalue weighted by atomic mass is 10.0. The van der Waals surface area contributed by atoms with E-state index in [0.717, 1.165) is 19.3 Å². The van der Waals surface area contributed by atoms with Crippen LogP contribution < -0.4 is 5.32 Å². The van der Waals surface area contributed by atoms with E-state index in [4.69, 9.17) is 4.52 Å². The molecule has 0 bridgehead atoms. The number of carbonyl (C=O) groups is 1. The fourth-order valence-corrected chi connectivity index (χ4v) is 2.20. The van der Waals surface area contributed by atoms with Gasteiger partial charge in [0.05, 0.1) is 0 Å². The van der Waals surface area contributed by atoms with Crippen LogP contribution in [0.15, 0.2) is 23.0 Å². The molecule has 2 N–H and O–H groups in total. The maximum Gasteiger partial charge on any atom is 0.239 e. The summed E-state index contributed by atoms with van der Waals surface area (Å²) in [4.78, 5) is 20.0. The summed E-state index contributed by atoms with van der Waals surface area (Å²) in [5, 5.41) is 13.1. The molecule has 0 saturated carbocycles. The van der Waals surface area contributed by atoms with Gasteiger partial charge < -0.3 is 9.84 Å². The molecule has 0 aliphatic heterocycles. The first kappa shape index (κ1) is 13.5. The molecule has 1 amide bonds. The van der Waals surface area contributed by atoms with E-state index in [-0.39, 0.29) is 11.9 Å². The van der Waals surface area contributed by atoms with Crippen LogP contribution in [0.4, 0.5) is 0 Å². The number of allylic oxidation sites excluding steroid dienone is 1. The van der Waals surface area contributed by atoms with Crippen LogP contribution in [0.1, 0.15) is 31.6 Å². The average Bonchev–Trinajstić information content (AvgIpc) is 3.17. The number of aromatic nitrogens is 5. The summed E-state index contributed by atoms with van der Waals surface area (Å²) in [5.41, 5.74) is 0.